The zero-order valence-electron chi connectivity index (χ0n) is 18.3. The van der Waals surface area contributed by atoms with Crippen LogP contribution in [0.25, 0.3) is 0 Å². The van der Waals surface area contributed by atoms with Crippen molar-refractivity contribution in [3.8, 4) is 0 Å². The van der Waals surface area contributed by atoms with Crippen LogP contribution in [0.5, 0.6) is 0 Å². The van der Waals surface area contributed by atoms with Gasteiger partial charge in [0.2, 0.25) is 5.91 Å². The Balaban J connectivity index is 2.28. The number of anilines is 1. The monoisotopic (exact) mass is 379 g/mol. The van der Waals surface area contributed by atoms with Gasteiger partial charge in [-0.15, -0.1) is 0 Å². The minimum Gasteiger partial charge on any atom is -0.377 e. The molecule has 1 N–H and O–H groups in total. The van der Waals surface area contributed by atoms with Gasteiger partial charge in [-0.1, -0.05) is 0 Å². The quantitative estimate of drug-likeness (QED) is 0.790. The lowest BCUT2D eigenvalue weighted by atomic mass is 9.78. The molecule has 0 unspecified atom stereocenters. The standard InChI is InChI=1S/C23H29N3O2/c1-11-10-16(19-17(21(11)27)23(6,7)22(28)25-19)24-18-12(2)14(4)20(26(8)9)15(5)13(18)3/h10H,1-9H3,(H,25,28). The van der Waals surface area contributed by atoms with E-state index in [0.717, 1.165) is 16.8 Å². The Morgan fingerprint density at radius 3 is 1.96 bits per heavy atom. The van der Waals surface area contributed by atoms with E-state index in [4.69, 9.17) is 4.99 Å². The van der Waals surface area contributed by atoms with Crippen LogP contribution in [0.4, 0.5) is 11.4 Å². The van der Waals surface area contributed by atoms with E-state index >= 15 is 0 Å². The lowest BCUT2D eigenvalue weighted by Gasteiger charge is -2.24. The van der Waals surface area contributed by atoms with Crippen molar-refractivity contribution in [2.45, 2.75) is 48.5 Å². The van der Waals surface area contributed by atoms with Crippen molar-refractivity contribution in [2.75, 3.05) is 19.0 Å². The highest BCUT2D eigenvalue weighted by Gasteiger charge is 2.47. The number of benzene rings is 1. The van der Waals surface area contributed by atoms with Crippen LogP contribution in [-0.4, -0.2) is 31.5 Å². The first-order valence-corrected chi connectivity index (χ1v) is 9.55. The maximum absolute atomic E-state index is 12.7. The van der Waals surface area contributed by atoms with E-state index in [1.54, 1.807) is 26.8 Å². The molecule has 0 saturated carbocycles. The molecule has 1 aromatic rings. The molecule has 0 spiro atoms. The van der Waals surface area contributed by atoms with Gasteiger partial charge >= 0.3 is 0 Å². The summed E-state index contributed by atoms with van der Waals surface area (Å²) in [5.74, 6) is -0.244. The van der Waals surface area contributed by atoms with Crippen LogP contribution in [0, 0.1) is 33.1 Å². The second kappa shape index (κ2) is 6.43. The Kier molecular flexibility index (Phi) is 4.61. The second-order valence-corrected chi connectivity index (χ2v) is 8.57. The van der Waals surface area contributed by atoms with E-state index in [1.165, 1.54) is 16.8 Å². The number of amides is 1. The number of aliphatic imine (C=N–C) groups is 1. The van der Waals surface area contributed by atoms with Crippen LogP contribution in [0.3, 0.4) is 0 Å². The molecular weight excluding hydrogens is 350 g/mol. The largest absolute Gasteiger partial charge is 0.377 e. The van der Waals surface area contributed by atoms with E-state index in [0.29, 0.717) is 22.6 Å². The number of carbonyl (C=O) groups is 2. The first-order chi connectivity index (χ1) is 12.9. The van der Waals surface area contributed by atoms with Crippen molar-refractivity contribution in [3.05, 3.63) is 45.2 Å². The smallest absolute Gasteiger partial charge is 0.234 e. The van der Waals surface area contributed by atoms with Crippen LogP contribution in [0.15, 0.2) is 27.9 Å². The Hall–Kier alpha value is -2.69. The molecule has 0 fully saturated rings. The van der Waals surface area contributed by atoms with Gasteiger partial charge in [0.15, 0.2) is 5.78 Å². The zero-order valence-corrected chi connectivity index (χ0v) is 18.3. The lowest BCUT2D eigenvalue weighted by Crippen LogP contribution is -2.30. The molecule has 1 amide bonds. The molecule has 5 heteroatoms. The van der Waals surface area contributed by atoms with Gasteiger partial charge in [-0.2, -0.15) is 0 Å². The third-order valence-corrected chi connectivity index (χ3v) is 6.10. The first kappa shape index (κ1) is 20.1. The highest BCUT2D eigenvalue weighted by Crippen LogP contribution is 2.41. The molecule has 28 heavy (non-hydrogen) atoms. The second-order valence-electron chi connectivity index (χ2n) is 8.57. The van der Waals surface area contributed by atoms with Crippen molar-refractivity contribution in [1.82, 2.24) is 5.32 Å². The number of hydrogen-bond acceptors (Lipinski definition) is 4. The number of ketones is 1. The molecule has 0 bridgehead atoms. The van der Waals surface area contributed by atoms with Crippen molar-refractivity contribution in [2.24, 2.45) is 10.4 Å². The highest BCUT2D eigenvalue weighted by atomic mass is 16.2. The van der Waals surface area contributed by atoms with Crippen LogP contribution < -0.4 is 10.2 Å². The van der Waals surface area contributed by atoms with E-state index in [9.17, 15) is 9.59 Å². The molecule has 0 aromatic heterocycles. The lowest BCUT2D eigenvalue weighted by molar-refractivity contribution is -0.126. The molecule has 3 rings (SSSR count). The van der Waals surface area contributed by atoms with Gasteiger partial charge in [-0.05, 0) is 82.4 Å². The summed E-state index contributed by atoms with van der Waals surface area (Å²) in [6.07, 6.45) is 1.78. The van der Waals surface area contributed by atoms with Gasteiger partial charge in [0.05, 0.1) is 22.5 Å². The highest BCUT2D eigenvalue weighted by molar-refractivity contribution is 6.29. The molecular formula is C23H29N3O2. The van der Waals surface area contributed by atoms with Crippen molar-refractivity contribution >= 4 is 28.8 Å². The molecule has 148 valence electrons. The topological polar surface area (TPSA) is 61.8 Å². The SMILES string of the molecule is CC1=CC(=Nc2c(C)c(C)c(N(C)C)c(C)c2C)C2=C(C1=O)C(C)(C)C(=O)N2. The maximum Gasteiger partial charge on any atom is 0.234 e. The fourth-order valence-corrected chi connectivity index (χ4v) is 4.21. The fourth-order valence-electron chi connectivity index (χ4n) is 4.21. The van der Waals surface area contributed by atoms with Crippen LogP contribution in [0.2, 0.25) is 0 Å². The summed E-state index contributed by atoms with van der Waals surface area (Å²) in [4.78, 5) is 32.3. The maximum atomic E-state index is 12.7. The van der Waals surface area contributed by atoms with Crippen molar-refractivity contribution < 1.29 is 9.59 Å². The average Bonchev–Trinajstić information content (AvgIpc) is 2.84. The minimum absolute atomic E-state index is 0.0824. The van der Waals surface area contributed by atoms with Gasteiger partial charge < -0.3 is 10.2 Å². The predicted molar refractivity (Wildman–Crippen MR) is 115 cm³/mol. The Morgan fingerprint density at radius 1 is 0.929 bits per heavy atom. The number of nitrogens with one attached hydrogen (secondary N) is 1. The number of allylic oxidation sites excluding steroid dienone is 2. The molecule has 0 saturated heterocycles. The fraction of sp³-hybridized carbons (Fsp3) is 0.435. The third kappa shape index (κ3) is 2.72. The van der Waals surface area contributed by atoms with Gasteiger partial charge in [0.1, 0.15) is 0 Å². The molecule has 2 aliphatic rings. The number of carbonyl (C=O) groups excluding carboxylic acids is 2. The number of hydrogen-bond donors (Lipinski definition) is 1. The van der Waals surface area contributed by atoms with Crippen LogP contribution >= 0.6 is 0 Å². The Morgan fingerprint density at radius 2 is 1.46 bits per heavy atom. The predicted octanol–water partition coefficient (Wildman–Crippen LogP) is 4.00. The van der Waals surface area contributed by atoms with Crippen LogP contribution in [-0.2, 0) is 9.59 Å². The summed E-state index contributed by atoms with van der Waals surface area (Å²) in [6.45, 7) is 13.7. The summed E-state index contributed by atoms with van der Waals surface area (Å²) in [6, 6.07) is 0. The molecule has 0 atom stereocenters. The number of rotatable bonds is 2. The minimum atomic E-state index is -0.854. The normalized spacial score (nSPS) is 19.8. The molecule has 1 aliphatic heterocycles. The van der Waals surface area contributed by atoms with E-state index < -0.39 is 5.41 Å². The van der Waals surface area contributed by atoms with E-state index in [-0.39, 0.29) is 11.7 Å². The summed E-state index contributed by atoms with van der Waals surface area (Å²) >= 11 is 0. The average molecular weight is 380 g/mol. The molecule has 1 aliphatic carbocycles. The van der Waals surface area contributed by atoms with Gasteiger partial charge in [0, 0.05) is 25.4 Å². The van der Waals surface area contributed by atoms with Gasteiger partial charge in [0.25, 0.3) is 0 Å². The molecule has 1 aromatic carbocycles. The summed E-state index contributed by atoms with van der Waals surface area (Å²) in [7, 11) is 4.09. The van der Waals surface area contributed by atoms with Crippen molar-refractivity contribution in [3.63, 3.8) is 0 Å². The molecule has 0 radical (unpaired) electrons. The summed E-state index contributed by atoms with van der Waals surface area (Å²) in [5.41, 5.74) is 8.16. The third-order valence-electron chi connectivity index (χ3n) is 6.10. The van der Waals surface area contributed by atoms with Crippen molar-refractivity contribution in [1.29, 1.82) is 0 Å². The Bertz CT molecular complexity index is 992. The summed E-state index contributed by atoms with van der Waals surface area (Å²) in [5, 5.41) is 2.90. The Labute approximate surface area is 167 Å². The zero-order chi connectivity index (χ0) is 21.1. The first-order valence-electron chi connectivity index (χ1n) is 9.55. The van der Waals surface area contributed by atoms with Gasteiger partial charge in [-0.25, -0.2) is 4.99 Å². The summed E-state index contributed by atoms with van der Waals surface area (Å²) < 4.78 is 0. The number of nitrogens with zero attached hydrogens (tertiary/aromatic N) is 2. The van der Waals surface area contributed by atoms with Crippen LogP contribution in [0.1, 0.15) is 43.0 Å². The van der Waals surface area contributed by atoms with E-state index in [2.05, 4.69) is 37.9 Å². The number of Topliss-reactive ketones (excluding diaryl/α,β-unsaturated/α-hetero) is 1. The van der Waals surface area contributed by atoms with Gasteiger partial charge in [-0.3, -0.25) is 9.59 Å². The molecule has 1 heterocycles. The van der Waals surface area contributed by atoms with E-state index in [1.807, 2.05) is 14.1 Å². The molecule has 5 nitrogen and oxygen atoms in total.